The van der Waals surface area contributed by atoms with Crippen molar-refractivity contribution in [3.05, 3.63) is 22.8 Å². The molecule has 0 fully saturated rings. The Balaban J connectivity index is 2.51. The van der Waals surface area contributed by atoms with Gasteiger partial charge in [0, 0.05) is 18.0 Å². The number of alkyl halides is 3. The second kappa shape index (κ2) is 8.25. The van der Waals surface area contributed by atoms with Crippen LogP contribution in [0.1, 0.15) is 32.8 Å². The first-order valence-electron chi connectivity index (χ1n) is 6.80. The first-order valence-corrected chi connectivity index (χ1v) is 8.06. The van der Waals surface area contributed by atoms with Gasteiger partial charge in [0.1, 0.15) is 5.03 Å². The van der Waals surface area contributed by atoms with E-state index < -0.39 is 11.7 Å². The summed E-state index contributed by atoms with van der Waals surface area (Å²) in [5, 5.41) is 3.98. The maximum Gasteiger partial charge on any atom is 0.417 e. The molecule has 1 atom stereocenters. The Morgan fingerprint density at radius 3 is 2.52 bits per heavy atom. The van der Waals surface area contributed by atoms with Gasteiger partial charge in [0.05, 0.1) is 10.6 Å². The summed E-state index contributed by atoms with van der Waals surface area (Å²) in [6, 6.07) is 0.926. The number of nitrogens with zero attached hydrogens (tertiary/aromatic N) is 1. The summed E-state index contributed by atoms with van der Waals surface area (Å²) in [5.41, 5.74) is -0.820. The third kappa shape index (κ3) is 6.89. The number of hydrogen-bond acceptors (Lipinski definition) is 3. The quantitative estimate of drug-likeness (QED) is 0.566. The highest BCUT2D eigenvalue weighted by Crippen LogP contribution is 2.34. The Kier molecular flexibility index (Phi) is 7.30. The van der Waals surface area contributed by atoms with Gasteiger partial charge in [-0.05, 0) is 24.9 Å². The molecule has 0 aliphatic rings. The van der Waals surface area contributed by atoms with Crippen LogP contribution < -0.4 is 5.32 Å². The zero-order valence-corrected chi connectivity index (χ0v) is 13.9. The number of hydrogen-bond donors (Lipinski definition) is 1. The molecule has 7 heteroatoms. The molecule has 0 spiro atoms. The summed E-state index contributed by atoms with van der Waals surface area (Å²) in [6.07, 6.45) is -2.49. The van der Waals surface area contributed by atoms with Gasteiger partial charge >= 0.3 is 6.18 Å². The fourth-order valence-electron chi connectivity index (χ4n) is 1.60. The van der Waals surface area contributed by atoms with Crippen molar-refractivity contribution in [1.29, 1.82) is 0 Å². The van der Waals surface area contributed by atoms with Gasteiger partial charge in [-0.1, -0.05) is 32.4 Å². The molecule has 0 amide bonds. The summed E-state index contributed by atoms with van der Waals surface area (Å²) >= 11 is 7.25. The van der Waals surface area contributed by atoms with Crippen molar-refractivity contribution >= 4 is 23.4 Å². The van der Waals surface area contributed by atoms with Crippen LogP contribution in [-0.2, 0) is 6.18 Å². The summed E-state index contributed by atoms with van der Waals surface area (Å²) in [7, 11) is 0. The van der Waals surface area contributed by atoms with Crippen molar-refractivity contribution in [3.63, 3.8) is 0 Å². The van der Waals surface area contributed by atoms with Gasteiger partial charge in [0.2, 0.25) is 0 Å². The number of rotatable bonds is 7. The van der Waals surface area contributed by atoms with E-state index in [0.29, 0.717) is 10.9 Å². The lowest BCUT2D eigenvalue weighted by molar-refractivity contribution is -0.137. The lowest BCUT2D eigenvalue weighted by Gasteiger charge is -2.14. The van der Waals surface area contributed by atoms with E-state index in [1.165, 1.54) is 11.8 Å². The number of aromatic nitrogens is 1. The van der Waals surface area contributed by atoms with Crippen LogP contribution in [-0.4, -0.2) is 23.3 Å². The van der Waals surface area contributed by atoms with Gasteiger partial charge in [0.25, 0.3) is 0 Å². The highest BCUT2D eigenvalue weighted by molar-refractivity contribution is 8.00. The summed E-state index contributed by atoms with van der Waals surface area (Å²) in [4.78, 5) is 3.82. The molecule has 0 aliphatic carbocycles. The molecule has 1 unspecified atom stereocenters. The fraction of sp³-hybridized carbons (Fsp3) is 0.643. The molecular formula is C14H20ClF3N2S. The van der Waals surface area contributed by atoms with Crippen molar-refractivity contribution < 1.29 is 13.2 Å². The Labute approximate surface area is 132 Å². The number of nitrogens with one attached hydrogen (secondary N) is 1. The van der Waals surface area contributed by atoms with Crippen molar-refractivity contribution in [3.8, 4) is 0 Å². The SMILES string of the molecule is CC(C)CCNCC(C)Sc1ncc(C(F)(F)F)cc1Cl. The zero-order valence-electron chi connectivity index (χ0n) is 12.3. The summed E-state index contributed by atoms with van der Waals surface area (Å²) in [5.74, 6) is 0.645. The molecule has 120 valence electrons. The second-order valence-electron chi connectivity index (χ2n) is 5.32. The van der Waals surface area contributed by atoms with E-state index in [-0.39, 0.29) is 10.3 Å². The van der Waals surface area contributed by atoms with Crippen LogP contribution in [0.2, 0.25) is 5.02 Å². The highest BCUT2D eigenvalue weighted by atomic mass is 35.5. The molecule has 0 radical (unpaired) electrons. The fourth-order valence-corrected chi connectivity index (χ4v) is 2.76. The average molecular weight is 341 g/mol. The topological polar surface area (TPSA) is 24.9 Å². The van der Waals surface area contributed by atoms with Gasteiger partial charge in [-0.25, -0.2) is 4.98 Å². The van der Waals surface area contributed by atoms with E-state index >= 15 is 0 Å². The van der Waals surface area contributed by atoms with E-state index in [4.69, 9.17) is 11.6 Å². The Morgan fingerprint density at radius 1 is 1.33 bits per heavy atom. The van der Waals surface area contributed by atoms with E-state index in [2.05, 4.69) is 24.1 Å². The van der Waals surface area contributed by atoms with Crippen molar-refractivity contribution in [2.24, 2.45) is 5.92 Å². The minimum atomic E-state index is -4.41. The third-order valence-corrected chi connectivity index (χ3v) is 4.30. The first kappa shape index (κ1) is 18.6. The van der Waals surface area contributed by atoms with Crippen LogP contribution in [0.15, 0.2) is 17.3 Å². The normalized spacial score (nSPS) is 13.7. The molecule has 0 saturated carbocycles. The first-order chi connectivity index (χ1) is 9.70. The largest absolute Gasteiger partial charge is 0.417 e. The van der Waals surface area contributed by atoms with Crippen molar-refractivity contribution in [1.82, 2.24) is 10.3 Å². The Morgan fingerprint density at radius 2 is 2.00 bits per heavy atom. The molecule has 0 aromatic carbocycles. The van der Waals surface area contributed by atoms with E-state index in [9.17, 15) is 13.2 Å². The second-order valence-corrected chi connectivity index (χ2v) is 7.16. The molecule has 1 aromatic heterocycles. The molecule has 1 heterocycles. The number of halogens is 4. The molecular weight excluding hydrogens is 321 g/mol. The van der Waals surface area contributed by atoms with Crippen LogP contribution in [0.5, 0.6) is 0 Å². The van der Waals surface area contributed by atoms with E-state index in [0.717, 1.165) is 31.8 Å². The standard InChI is InChI=1S/C14H20ClF3N2S/c1-9(2)4-5-19-7-10(3)21-13-12(15)6-11(8-20-13)14(16,17)18/h6,8-10,19H,4-5,7H2,1-3H3. The molecule has 0 saturated heterocycles. The van der Waals surface area contributed by atoms with Crippen molar-refractivity contribution in [2.45, 2.75) is 43.6 Å². The molecule has 0 aliphatic heterocycles. The average Bonchev–Trinajstić information content (AvgIpc) is 2.35. The van der Waals surface area contributed by atoms with Crippen LogP contribution in [0.25, 0.3) is 0 Å². The maximum absolute atomic E-state index is 12.5. The number of thioether (sulfide) groups is 1. The van der Waals surface area contributed by atoms with Gasteiger partial charge in [-0.2, -0.15) is 13.2 Å². The minimum Gasteiger partial charge on any atom is -0.316 e. The van der Waals surface area contributed by atoms with Crippen LogP contribution >= 0.6 is 23.4 Å². The lowest BCUT2D eigenvalue weighted by atomic mass is 10.1. The van der Waals surface area contributed by atoms with E-state index in [1.807, 2.05) is 6.92 Å². The van der Waals surface area contributed by atoms with Gasteiger partial charge in [0.15, 0.2) is 0 Å². The predicted molar refractivity (Wildman–Crippen MR) is 81.9 cm³/mol. The molecule has 2 nitrogen and oxygen atoms in total. The summed E-state index contributed by atoms with van der Waals surface area (Å²) in [6.45, 7) is 7.99. The van der Waals surface area contributed by atoms with Crippen LogP contribution in [0, 0.1) is 5.92 Å². The molecule has 21 heavy (non-hydrogen) atoms. The third-order valence-electron chi connectivity index (χ3n) is 2.78. The van der Waals surface area contributed by atoms with Gasteiger partial charge in [-0.3, -0.25) is 0 Å². The van der Waals surface area contributed by atoms with E-state index in [1.54, 1.807) is 0 Å². The maximum atomic E-state index is 12.5. The highest BCUT2D eigenvalue weighted by Gasteiger charge is 2.31. The molecule has 1 N–H and O–H groups in total. The molecule has 1 aromatic rings. The minimum absolute atomic E-state index is 0.0452. The van der Waals surface area contributed by atoms with Gasteiger partial charge < -0.3 is 5.32 Å². The molecule has 1 rings (SSSR count). The smallest absolute Gasteiger partial charge is 0.316 e. The lowest BCUT2D eigenvalue weighted by Crippen LogP contribution is -2.24. The van der Waals surface area contributed by atoms with Crippen LogP contribution in [0.3, 0.4) is 0 Å². The van der Waals surface area contributed by atoms with Gasteiger partial charge in [-0.15, -0.1) is 11.8 Å². The molecule has 0 bridgehead atoms. The zero-order chi connectivity index (χ0) is 16.0. The Hall–Kier alpha value is -0.460. The monoisotopic (exact) mass is 340 g/mol. The van der Waals surface area contributed by atoms with Crippen LogP contribution in [0.4, 0.5) is 13.2 Å². The van der Waals surface area contributed by atoms with Crippen molar-refractivity contribution in [2.75, 3.05) is 13.1 Å². The number of pyridine rings is 1. The predicted octanol–water partition coefficient (Wildman–Crippen LogP) is 4.87. The Bertz CT molecular complexity index is 452. The summed E-state index contributed by atoms with van der Waals surface area (Å²) < 4.78 is 37.6.